The molecule has 4 aromatic rings. The average Bonchev–Trinajstić information content (AvgIpc) is 3.33. The quantitative estimate of drug-likeness (QED) is 0.421. The molecule has 6 heteroatoms. The lowest BCUT2D eigenvalue weighted by Gasteiger charge is -2.25. The molecule has 1 aliphatic rings. The van der Waals surface area contributed by atoms with Crippen molar-refractivity contribution >= 4 is 38.4 Å². The molecule has 5 rings (SSSR count). The van der Waals surface area contributed by atoms with E-state index in [0.717, 1.165) is 61.9 Å². The van der Waals surface area contributed by atoms with Gasteiger partial charge in [-0.3, -0.25) is 4.90 Å². The Morgan fingerprint density at radius 2 is 2.10 bits per heavy atom. The first-order valence-corrected chi connectivity index (χ1v) is 11.0. The lowest BCUT2D eigenvalue weighted by molar-refractivity contribution is 0.228. The predicted octanol–water partition coefficient (Wildman–Crippen LogP) is 5.30. The molecule has 150 valence electrons. The van der Waals surface area contributed by atoms with E-state index in [4.69, 9.17) is 9.15 Å². The van der Waals surface area contributed by atoms with Crippen LogP contribution in [-0.2, 0) is 13.0 Å². The molecule has 0 spiro atoms. The van der Waals surface area contributed by atoms with E-state index in [1.165, 1.54) is 27.5 Å². The van der Waals surface area contributed by atoms with Crippen LogP contribution in [0.25, 0.3) is 21.1 Å². The lowest BCUT2D eigenvalue weighted by Crippen LogP contribution is -2.31. The number of fused-ring (bicyclic) bond motifs is 4. The molecule has 0 fully saturated rings. The Morgan fingerprint density at radius 1 is 1.17 bits per heavy atom. The van der Waals surface area contributed by atoms with Crippen LogP contribution in [0, 0.1) is 0 Å². The first kappa shape index (κ1) is 18.5. The molecule has 3 heterocycles. The number of hydrogen-bond donors (Lipinski definition) is 1. The van der Waals surface area contributed by atoms with Crippen molar-refractivity contribution in [3.8, 4) is 5.75 Å². The molecule has 0 radical (unpaired) electrons. The minimum atomic E-state index is 0.848. The van der Waals surface area contributed by atoms with E-state index in [0.29, 0.717) is 0 Å². The van der Waals surface area contributed by atoms with Crippen molar-refractivity contribution in [1.29, 1.82) is 0 Å². The summed E-state index contributed by atoms with van der Waals surface area (Å²) in [4.78, 5) is 2.50. The molecule has 0 atom stereocenters. The van der Waals surface area contributed by atoms with Crippen LogP contribution in [0.15, 0.2) is 46.9 Å². The molecule has 29 heavy (non-hydrogen) atoms. The summed E-state index contributed by atoms with van der Waals surface area (Å²) in [5.41, 5.74) is 2.31. The number of nitrogens with one attached hydrogen (secondary N) is 1. The van der Waals surface area contributed by atoms with Gasteiger partial charge in [0, 0.05) is 35.5 Å². The maximum atomic E-state index is 6.14. The van der Waals surface area contributed by atoms with Crippen LogP contribution in [0.5, 0.6) is 5.75 Å². The number of methoxy groups -OCH3 is 1. The summed E-state index contributed by atoms with van der Waals surface area (Å²) in [6.07, 6.45) is 3.35. The number of aromatic nitrogens is 1. The van der Waals surface area contributed by atoms with Crippen LogP contribution in [0.2, 0.25) is 0 Å². The fraction of sp³-hybridized carbons (Fsp3) is 0.348. The molecule has 0 bridgehead atoms. The number of anilines is 1. The van der Waals surface area contributed by atoms with Crippen molar-refractivity contribution in [2.24, 2.45) is 0 Å². The summed E-state index contributed by atoms with van der Waals surface area (Å²) in [6, 6.07) is 14.5. The van der Waals surface area contributed by atoms with Gasteiger partial charge in [-0.15, -0.1) is 0 Å². The highest BCUT2D eigenvalue weighted by Gasteiger charge is 2.22. The Kier molecular flexibility index (Phi) is 5.12. The van der Waals surface area contributed by atoms with Gasteiger partial charge in [0.05, 0.1) is 18.4 Å². The molecule has 0 saturated heterocycles. The first-order valence-electron chi connectivity index (χ1n) is 10.2. The van der Waals surface area contributed by atoms with Gasteiger partial charge in [0.15, 0.2) is 0 Å². The minimum Gasteiger partial charge on any atom is -0.497 e. The van der Waals surface area contributed by atoms with Gasteiger partial charge in [-0.2, -0.15) is 4.37 Å². The van der Waals surface area contributed by atoms with Crippen LogP contribution >= 0.6 is 11.5 Å². The van der Waals surface area contributed by atoms with Crippen LogP contribution in [0.1, 0.15) is 24.2 Å². The fourth-order valence-corrected chi connectivity index (χ4v) is 4.89. The molecule has 0 aliphatic carbocycles. The summed E-state index contributed by atoms with van der Waals surface area (Å²) in [7, 11) is 1.69. The van der Waals surface area contributed by atoms with Crippen molar-refractivity contribution in [3.05, 3.63) is 53.8 Å². The molecule has 1 N–H and O–H groups in total. The van der Waals surface area contributed by atoms with Gasteiger partial charge >= 0.3 is 0 Å². The summed E-state index contributed by atoms with van der Waals surface area (Å²) < 4.78 is 17.2. The predicted molar refractivity (Wildman–Crippen MR) is 119 cm³/mol. The maximum Gasteiger partial charge on any atom is 0.147 e. The highest BCUT2D eigenvalue weighted by atomic mass is 32.1. The van der Waals surface area contributed by atoms with Crippen LogP contribution < -0.4 is 10.1 Å². The smallest absolute Gasteiger partial charge is 0.147 e. The Balaban J connectivity index is 1.13. The number of ether oxygens (including phenoxy) is 1. The van der Waals surface area contributed by atoms with Gasteiger partial charge in [0.1, 0.15) is 22.9 Å². The zero-order chi connectivity index (χ0) is 19.6. The second-order valence-corrected chi connectivity index (χ2v) is 8.36. The molecule has 0 amide bonds. The van der Waals surface area contributed by atoms with Crippen LogP contribution in [0.4, 0.5) is 5.82 Å². The third-order valence-electron chi connectivity index (χ3n) is 5.70. The number of furan rings is 1. The topological polar surface area (TPSA) is 50.5 Å². The number of unbranched alkanes of at least 4 members (excludes halogenated alkanes) is 1. The van der Waals surface area contributed by atoms with Crippen molar-refractivity contribution in [3.63, 3.8) is 0 Å². The van der Waals surface area contributed by atoms with Crippen LogP contribution in [-0.4, -0.2) is 36.0 Å². The second-order valence-electron chi connectivity index (χ2n) is 7.55. The molecule has 2 aromatic heterocycles. The molecular weight excluding hydrogens is 382 g/mol. The fourth-order valence-electron chi connectivity index (χ4n) is 4.13. The summed E-state index contributed by atoms with van der Waals surface area (Å²) in [5, 5.41) is 5.96. The SMILES string of the molecule is COc1ccc2c3c(oc2c1)CN(CCCCNc1nsc2ccccc12)CC3. The zero-order valence-electron chi connectivity index (χ0n) is 16.6. The third-order valence-corrected chi connectivity index (χ3v) is 6.53. The van der Waals surface area contributed by atoms with E-state index in [1.54, 1.807) is 18.6 Å². The number of nitrogens with zero attached hydrogens (tertiary/aromatic N) is 2. The molecule has 2 aromatic carbocycles. The molecule has 0 saturated carbocycles. The van der Waals surface area contributed by atoms with E-state index >= 15 is 0 Å². The van der Waals surface area contributed by atoms with Gasteiger partial charge in [-0.1, -0.05) is 12.1 Å². The van der Waals surface area contributed by atoms with Crippen molar-refractivity contribution in [2.75, 3.05) is 32.1 Å². The molecule has 5 nitrogen and oxygen atoms in total. The van der Waals surface area contributed by atoms with Gasteiger partial charge < -0.3 is 14.5 Å². The Hall–Kier alpha value is -2.57. The number of rotatable bonds is 7. The minimum absolute atomic E-state index is 0.848. The Labute approximate surface area is 174 Å². The lowest BCUT2D eigenvalue weighted by atomic mass is 10.0. The first-order chi connectivity index (χ1) is 14.3. The molecular formula is C23H25N3O2S. The van der Waals surface area contributed by atoms with Crippen molar-refractivity contribution in [1.82, 2.24) is 9.27 Å². The maximum absolute atomic E-state index is 6.14. The van der Waals surface area contributed by atoms with Crippen molar-refractivity contribution < 1.29 is 9.15 Å². The van der Waals surface area contributed by atoms with Gasteiger partial charge in [0.2, 0.25) is 0 Å². The van der Waals surface area contributed by atoms with Gasteiger partial charge in [-0.05, 0) is 61.6 Å². The zero-order valence-corrected chi connectivity index (χ0v) is 17.4. The van der Waals surface area contributed by atoms with E-state index in [1.807, 2.05) is 12.1 Å². The summed E-state index contributed by atoms with van der Waals surface area (Å²) in [6.45, 7) is 4.05. The summed E-state index contributed by atoms with van der Waals surface area (Å²) in [5.74, 6) is 2.98. The summed E-state index contributed by atoms with van der Waals surface area (Å²) >= 11 is 1.56. The van der Waals surface area contributed by atoms with E-state index in [2.05, 4.69) is 44.9 Å². The third kappa shape index (κ3) is 3.70. The molecule has 0 unspecified atom stereocenters. The number of hydrogen-bond acceptors (Lipinski definition) is 6. The van der Waals surface area contributed by atoms with E-state index in [9.17, 15) is 0 Å². The Bertz CT molecular complexity index is 1130. The standard InChI is InChI=1S/C23H25N3O2S/c1-27-16-8-9-17-18-10-13-26(15-21(18)28-20(17)14-16)12-5-4-11-24-23-19-6-2-3-7-22(19)29-25-23/h2-3,6-9,14H,4-5,10-13,15H2,1H3,(H,24,25). The number of benzene rings is 2. The van der Waals surface area contributed by atoms with Crippen molar-refractivity contribution in [2.45, 2.75) is 25.8 Å². The normalized spacial score (nSPS) is 14.4. The highest BCUT2D eigenvalue weighted by molar-refractivity contribution is 7.13. The second kappa shape index (κ2) is 8.05. The van der Waals surface area contributed by atoms with Crippen LogP contribution in [0.3, 0.4) is 0 Å². The molecule has 1 aliphatic heterocycles. The largest absolute Gasteiger partial charge is 0.497 e. The van der Waals surface area contributed by atoms with E-state index in [-0.39, 0.29) is 0 Å². The monoisotopic (exact) mass is 407 g/mol. The Morgan fingerprint density at radius 3 is 3.03 bits per heavy atom. The average molecular weight is 408 g/mol. The van der Waals surface area contributed by atoms with E-state index < -0.39 is 0 Å². The highest BCUT2D eigenvalue weighted by Crippen LogP contribution is 2.32. The van der Waals surface area contributed by atoms with Gasteiger partial charge in [0.25, 0.3) is 0 Å². The van der Waals surface area contributed by atoms with Gasteiger partial charge in [-0.25, -0.2) is 0 Å².